The normalized spacial score (nSPS) is 10.1. The molecule has 0 atom stereocenters. The lowest BCUT2D eigenvalue weighted by Crippen LogP contribution is -2.17. The maximum Gasteiger partial charge on any atom is 0.340 e. The lowest BCUT2D eigenvalue weighted by atomic mass is 10.1. The SMILES string of the molecule is CNCCCC(=O)Nc1ccc(Cl)cc1C(=O)OC. The van der Waals surface area contributed by atoms with Crippen molar-refractivity contribution in [2.24, 2.45) is 0 Å². The van der Waals surface area contributed by atoms with Gasteiger partial charge in [0.25, 0.3) is 0 Å². The fourth-order valence-electron chi connectivity index (χ4n) is 1.54. The number of methoxy groups -OCH3 is 1. The molecular weight excluding hydrogens is 268 g/mol. The van der Waals surface area contributed by atoms with Crippen molar-refractivity contribution in [1.29, 1.82) is 0 Å². The largest absolute Gasteiger partial charge is 0.465 e. The van der Waals surface area contributed by atoms with Gasteiger partial charge in [0.15, 0.2) is 0 Å². The van der Waals surface area contributed by atoms with Gasteiger partial charge >= 0.3 is 5.97 Å². The summed E-state index contributed by atoms with van der Waals surface area (Å²) in [6.45, 7) is 0.762. The van der Waals surface area contributed by atoms with Crippen molar-refractivity contribution in [3.63, 3.8) is 0 Å². The summed E-state index contributed by atoms with van der Waals surface area (Å²) in [5, 5.41) is 6.06. The van der Waals surface area contributed by atoms with Crippen molar-refractivity contribution >= 4 is 29.2 Å². The van der Waals surface area contributed by atoms with Crippen LogP contribution < -0.4 is 10.6 Å². The summed E-state index contributed by atoms with van der Waals surface area (Å²) in [4.78, 5) is 23.3. The number of carbonyl (C=O) groups excluding carboxylic acids is 2. The first-order chi connectivity index (χ1) is 9.08. The van der Waals surface area contributed by atoms with Gasteiger partial charge in [-0.15, -0.1) is 0 Å². The fourth-order valence-corrected chi connectivity index (χ4v) is 1.71. The Morgan fingerprint density at radius 2 is 2.11 bits per heavy atom. The van der Waals surface area contributed by atoms with E-state index in [0.717, 1.165) is 13.0 Å². The van der Waals surface area contributed by atoms with E-state index < -0.39 is 5.97 Å². The van der Waals surface area contributed by atoms with E-state index in [1.807, 2.05) is 7.05 Å². The van der Waals surface area contributed by atoms with Crippen molar-refractivity contribution in [3.8, 4) is 0 Å². The van der Waals surface area contributed by atoms with Gasteiger partial charge in [-0.3, -0.25) is 4.79 Å². The quantitative estimate of drug-likeness (QED) is 0.620. The van der Waals surface area contributed by atoms with Gasteiger partial charge < -0.3 is 15.4 Å². The number of nitrogens with one attached hydrogen (secondary N) is 2. The summed E-state index contributed by atoms with van der Waals surface area (Å²) in [7, 11) is 3.11. The van der Waals surface area contributed by atoms with Crippen LogP contribution in [0.5, 0.6) is 0 Å². The van der Waals surface area contributed by atoms with Crippen LogP contribution in [-0.4, -0.2) is 32.6 Å². The number of anilines is 1. The Balaban J connectivity index is 2.77. The topological polar surface area (TPSA) is 67.4 Å². The zero-order valence-corrected chi connectivity index (χ0v) is 11.7. The minimum absolute atomic E-state index is 0.150. The van der Waals surface area contributed by atoms with Crippen molar-refractivity contribution in [2.75, 3.05) is 26.0 Å². The van der Waals surface area contributed by atoms with Gasteiger partial charge in [-0.1, -0.05) is 11.6 Å². The molecule has 0 saturated heterocycles. The van der Waals surface area contributed by atoms with E-state index >= 15 is 0 Å². The Morgan fingerprint density at radius 1 is 1.37 bits per heavy atom. The number of halogens is 1. The first-order valence-electron chi connectivity index (χ1n) is 5.90. The molecule has 6 heteroatoms. The Hall–Kier alpha value is -1.59. The Labute approximate surface area is 117 Å². The number of esters is 1. The second kappa shape index (κ2) is 7.76. The molecule has 1 aromatic rings. The molecule has 0 bridgehead atoms. The van der Waals surface area contributed by atoms with Gasteiger partial charge in [0.05, 0.1) is 18.4 Å². The van der Waals surface area contributed by atoms with Gasteiger partial charge in [0.2, 0.25) is 5.91 Å². The molecule has 104 valence electrons. The van der Waals surface area contributed by atoms with Crippen LogP contribution in [0.1, 0.15) is 23.2 Å². The third-order valence-electron chi connectivity index (χ3n) is 2.49. The van der Waals surface area contributed by atoms with E-state index in [-0.39, 0.29) is 11.5 Å². The minimum atomic E-state index is -0.534. The number of ether oxygens (including phenoxy) is 1. The molecule has 0 aliphatic carbocycles. The molecule has 0 radical (unpaired) electrons. The standard InChI is InChI=1S/C13H17ClN2O3/c1-15-7-3-4-12(17)16-11-6-5-9(14)8-10(11)13(18)19-2/h5-6,8,15H,3-4,7H2,1-2H3,(H,16,17). The Bertz CT molecular complexity index is 463. The third kappa shape index (κ3) is 4.89. The van der Waals surface area contributed by atoms with Crippen LogP contribution in [0.15, 0.2) is 18.2 Å². The smallest absolute Gasteiger partial charge is 0.340 e. The molecule has 0 aliphatic rings. The Kier molecular flexibility index (Phi) is 6.32. The monoisotopic (exact) mass is 284 g/mol. The lowest BCUT2D eigenvalue weighted by molar-refractivity contribution is -0.116. The summed E-state index contributed by atoms with van der Waals surface area (Å²) in [6, 6.07) is 4.67. The van der Waals surface area contributed by atoms with Gasteiger partial charge in [-0.2, -0.15) is 0 Å². The molecule has 0 heterocycles. The number of carbonyl (C=O) groups is 2. The zero-order chi connectivity index (χ0) is 14.3. The minimum Gasteiger partial charge on any atom is -0.465 e. The first-order valence-corrected chi connectivity index (χ1v) is 6.28. The van der Waals surface area contributed by atoms with Crippen LogP contribution >= 0.6 is 11.6 Å². The van der Waals surface area contributed by atoms with Crippen LogP contribution in [0.2, 0.25) is 5.02 Å². The van der Waals surface area contributed by atoms with Crippen LogP contribution in [-0.2, 0) is 9.53 Å². The number of hydrogen-bond donors (Lipinski definition) is 2. The maximum absolute atomic E-state index is 11.7. The molecule has 0 unspecified atom stereocenters. The van der Waals surface area contributed by atoms with Gasteiger partial charge in [-0.05, 0) is 38.2 Å². The highest BCUT2D eigenvalue weighted by atomic mass is 35.5. The molecule has 0 aromatic heterocycles. The molecule has 0 fully saturated rings. The summed E-state index contributed by atoms with van der Waals surface area (Å²) in [5.74, 6) is -0.684. The number of amides is 1. The van der Waals surface area contributed by atoms with Gasteiger partial charge in [-0.25, -0.2) is 4.79 Å². The molecule has 19 heavy (non-hydrogen) atoms. The van der Waals surface area contributed by atoms with Crippen molar-refractivity contribution < 1.29 is 14.3 Å². The maximum atomic E-state index is 11.7. The lowest BCUT2D eigenvalue weighted by Gasteiger charge is -2.10. The molecule has 1 aromatic carbocycles. The third-order valence-corrected chi connectivity index (χ3v) is 2.73. The van der Waals surface area contributed by atoms with Crippen LogP contribution in [0.3, 0.4) is 0 Å². The highest BCUT2D eigenvalue weighted by molar-refractivity contribution is 6.31. The second-order valence-corrected chi connectivity index (χ2v) is 4.37. The predicted molar refractivity (Wildman–Crippen MR) is 74.6 cm³/mol. The molecule has 5 nitrogen and oxygen atoms in total. The first kappa shape index (κ1) is 15.5. The predicted octanol–water partition coefficient (Wildman–Crippen LogP) is 2.06. The molecule has 0 aliphatic heterocycles. The molecule has 1 amide bonds. The van der Waals surface area contributed by atoms with Gasteiger partial charge in [0, 0.05) is 11.4 Å². The highest BCUT2D eigenvalue weighted by Gasteiger charge is 2.14. The molecule has 1 rings (SSSR count). The molecule has 0 saturated carbocycles. The number of benzene rings is 1. The Morgan fingerprint density at radius 3 is 2.74 bits per heavy atom. The average Bonchev–Trinajstić information content (AvgIpc) is 2.40. The second-order valence-electron chi connectivity index (χ2n) is 3.94. The van der Waals surface area contributed by atoms with E-state index in [4.69, 9.17) is 11.6 Å². The number of rotatable bonds is 6. The van der Waals surface area contributed by atoms with Crippen LogP contribution in [0.25, 0.3) is 0 Å². The average molecular weight is 285 g/mol. The van der Waals surface area contributed by atoms with E-state index in [0.29, 0.717) is 17.1 Å². The summed E-state index contributed by atoms with van der Waals surface area (Å²) >= 11 is 5.83. The van der Waals surface area contributed by atoms with Crippen molar-refractivity contribution in [3.05, 3.63) is 28.8 Å². The van der Waals surface area contributed by atoms with E-state index in [2.05, 4.69) is 15.4 Å². The highest BCUT2D eigenvalue weighted by Crippen LogP contribution is 2.21. The summed E-state index contributed by atoms with van der Waals surface area (Å²) < 4.78 is 4.65. The van der Waals surface area contributed by atoms with Gasteiger partial charge in [0.1, 0.15) is 0 Å². The van der Waals surface area contributed by atoms with Crippen molar-refractivity contribution in [1.82, 2.24) is 5.32 Å². The van der Waals surface area contributed by atoms with E-state index in [1.54, 1.807) is 12.1 Å². The van der Waals surface area contributed by atoms with E-state index in [1.165, 1.54) is 13.2 Å². The van der Waals surface area contributed by atoms with Crippen LogP contribution in [0.4, 0.5) is 5.69 Å². The number of hydrogen-bond acceptors (Lipinski definition) is 4. The molecule has 0 spiro atoms. The zero-order valence-electron chi connectivity index (χ0n) is 11.0. The van der Waals surface area contributed by atoms with E-state index in [9.17, 15) is 9.59 Å². The molecule has 2 N–H and O–H groups in total. The molecular formula is C13H17ClN2O3. The summed E-state index contributed by atoms with van der Waals surface area (Å²) in [6.07, 6.45) is 1.10. The fraction of sp³-hybridized carbons (Fsp3) is 0.385. The van der Waals surface area contributed by atoms with Crippen LogP contribution in [0, 0.1) is 0 Å². The van der Waals surface area contributed by atoms with Crippen molar-refractivity contribution in [2.45, 2.75) is 12.8 Å². The summed E-state index contributed by atoms with van der Waals surface area (Å²) in [5.41, 5.74) is 0.655.